The Balaban J connectivity index is 1.67. The van der Waals surface area contributed by atoms with Crippen LogP contribution >= 0.6 is 11.3 Å². The van der Waals surface area contributed by atoms with Gasteiger partial charge in [0.1, 0.15) is 12.4 Å². The van der Waals surface area contributed by atoms with Crippen molar-refractivity contribution in [1.82, 2.24) is 29.4 Å². The Kier molecular flexibility index (Phi) is 4.45. The van der Waals surface area contributed by atoms with Gasteiger partial charge in [-0.1, -0.05) is 20.8 Å². The highest BCUT2D eigenvalue weighted by atomic mass is 32.1. The molecule has 1 aliphatic rings. The smallest absolute Gasteiger partial charge is 0.407 e. The van der Waals surface area contributed by atoms with Gasteiger partial charge in [-0.05, 0) is 0 Å². The van der Waals surface area contributed by atoms with E-state index < -0.39 is 6.09 Å². The van der Waals surface area contributed by atoms with E-state index >= 15 is 0 Å². The van der Waals surface area contributed by atoms with E-state index in [9.17, 15) is 4.79 Å². The van der Waals surface area contributed by atoms with Crippen molar-refractivity contribution in [2.75, 3.05) is 13.1 Å². The molecule has 1 amide bonds. The minimum absolute atomic E-state index is 0.0277. The molecule has 0 unspecified atom stereocenters. The normalized spacial score (nSPS) is 17.4. The summed E-state index contributed by atoms with van der Waals surface area (Å²) in [5, 5.41) is 10.2. The number of rotatable bonds is 3. The van der Waals surface area contributed by atoms with Crippen LogP contribution in [0.15, 0.2) is 12.5 Å². The number of aryl methyl sites for hydroxylation is 1. The summed E-state index contributed by atoms with van der Waals surface area (Å²) in [6, 6.07) is 0. The van der Waals surface area contributed by atoms with E-state index in [1.54, 1.807) is 11.3 Å². The van der Waals surface area contributed by atoms with Crippen LogP contribution in [-0.2, 0) is 12.5 Å². The molecule has 3 aromatic heterocycles. The average Bonchev–Trinajstić information content (AvgIpc) is 3.34. The highest BCUT2D eigenvalue weighted by molar-refractivity contribution is 7.15. The van der Waals surface area contributed by atoms with E-state index in [4.69, 9.17) is 14.8 Å². The van der Waals surface area contributed by atoms with Gasteiger partial charge < -0.3 is 19.3 Å². The Morgan fingerprint density at radius 3 is 2.75 bits per heavy atom. The molecule has 28 heavy (non-hydrogen) atoms. The van der Waals surface area contributed by atoms with Gasteiger partial charge in [0.25, 0.3) is 0 Å². The number of carbonyl (C=O) groups is 1. The SMILES string of the molecule is Cn1c(-c2cnc(C(C)(C)C)s2)nc2c(O[C@H]3CCN(C(=O)O)C3)ncnc21. The number of thiazole rings is 1. The third-order valence-electron chi connectivity index (χ3n) is 4.68. The van der Waals surface area contributed by atoms with Gasteiger partial charge in [-0.15, -0.1) is 11.3 Å². The highest BCUT2D eigenvalue weighted by Crippen LogP contribution is 2.34. The highest BCUT2D eigenvalue weighted by Gasteiger charge is 2.29. The molecule has 0 saturated carbocycles. The Morgan fingerprint density at radius 2 is 2.11 bits per heavy atom. The number of nitrogens with zero attached hydrogens (tertiary/aromatic N) is 6. The van der Waals surface area contributed by atoms with Crippen LogP contribution < -0.4 is 4.74 Å². The van der Waals surface area contributed by atoms with Crippen molar-refractivity contribution in [3.05, 3.63) is 17.5 Å². The van der Waals surface area contributed by atoms with E-state index in [-0.39, 0.29) is 11.5 Å². The molecular formula is C18H22N6O3S. The summed E-state index contributed by atoms with van der Waals surface area (Å²) in [6.07, 6.45) is 2.73. The van der Waals surface area contributed by atoms with Crippen LogP contribution in [-0.4, -0.2) is 59.8 Å². The first-order valence-electron chi connectivity index (χ1n) is 9.02. The minimum Gasteiger partial charge on any atom is -0.471 e. The van der Waals surface area contributed by atoms with E-state index in [1.807, 2.05) is 17.8 Å². The molecule has 1 aliphatic heterocycles. The van der Waals surface area contributed by atoms with Crippen molar-refractivity contribution in [3.63, 3.8) is 0 Å². The fraction of sp³-hybridized carbons (Fsp3) is 0.500. The summed E-state index contributed by atoms with van der Waals surface area (Å²) in [5.41, 5.74) is 1.21. The third kappa shape index (κ3) is 3.28. The van der Waals surface area contributed by atoms with Crippen molar-refractivity contribution in [3.8, 4) is 16.6 Å². The summed E-state index contributed by atoms with van der Waals surface area (Å²) in [5.74, 6) is 1.14. The van der Waals surface area contributed by atoms with Crippen LogP contribution in [0.4, 0.5) is 4.79 Å². The molecule has 1 N–H and O–H groups in total. The van der Waals surface area contributed by atoms with Crippen LogP contribution in [0.5, 0.6) is 5.88 Å². The third-order valence-corrected chi connectivity index (χ3v) is 6.10. The average molecular weight is 402 g/mol. The van der Waals surface area contributed by atoms with Crippen LogP contribution in [0.2, 0.25) is 0 Å². The molecular weight excluding hydrogens is 380 g/mol. The molecule has 1 fully saturated rings. The first kappa shape index (κ1) is 18.6. The minimum atomic E-state index is -0.932. The van der Waals surface area contributed by atoms with E-state index in [0.29, 0.717) is 36.6 Å². The molecule has 4 heterocycles. The molecule has 0 aromatic carbocycles. The van der Waals surface area contributed by atoms with Gasteiger partial charge in [0.05, 0.1) is 16.4 Å². The lowest BCUT2D eigenvalue weighted by Crippen LogP contribution is -2.29. The predicted molar refractivity (Wildman–Crippen MR) is 105 cm³/mol. The van der Waals surface area contributed by atoms with Crippen LogP contribution in [0.1, 0.15) is 32.2 Å². The summed E-state index contributed by atoms with van der Waals surface area (Å²) in [6.45, 7) is 7.17. The molecule has 0 aliphatic carbocycles. The molecule has 1 saturated heterocycles. The van der Waals surface area contributed by atoms with Gasteiger partial charge in [0.2, 0.25) is 5.88 Å². The first-order chi connectivity index (χ1) is 13.2. The molecule has 0 radical (unpaired) electrons. The van der Waals surface area contributed by atoms with Crippen molar-refractivity contribution in [1.29, 1.82) is 0 Å². The predicted octanol–water partition coefficient (Wildman–Crippen LogP) is 2.92. The van der Waals surface area contributed by atoms with Crippen molar-refractivity contribution in [2.45, 2.75) is 38.7 Å². The van der Waals surface area contributed by atoms with E-state index in [0.717, 1.165) is 15.7 Å². The van der Waals surface area contributed by atoms with Crippen LogP contribution in [0.25, 0.3) is 21.9 Å². The summed E-state index contributed by atoms with van der Waals surface area (Å²) in [4.78, 5) is 31.3. The zero-order valence-electron chi connectivity index (χ0n) is 16.2. The maximum Gasteiger partial charge on any atom is 0.407 e. The molecule has 148 valence electrons. The number of imidazole rings is 1. The quantitative estimate of drug-likeness (QED) is 0.718. The molecule has 0 spiro atoms. The van der Waals surface area contributed by atoms with Crippen molar-refractivity contribution < 1.29 is 14.6 Å². The van der Waals surface area contributed by atoms with Gasteiger partial charge in [-0.2, -0.15) is 4.98 Å². The van der Waals surface area contributed by atoms with Gasteiger partial charge in [0, 0.05) is 31.6 Å². The van der Waals surface area contributed by atoms with Gasteiger partial charge in [0.15, 0.2) is 17.0 Å². The molecule has 4 rings (SSSR count). The van der Waals surface area contributed by atoms with E-state index in [2.05, 4.69) is 35.7 Å². The van der Waals surface area contributed by atoms with Gasteiger partial charge in [-0.3, -0.25) is 0 Å². The Morgan fingerprint density at radius 1 is 1.32 bits per heavy atom. The Labute approximate surface area is 166 Å². The summed E-state index contributed by atoms with van der Waals surface area (Å²) >= 11 is 1.61. The lowest BCUT2D eigenvalue weighted by molar-refractivity contribution is 0.145. The number of hydrogen-bond acceptors (Lipinski definition) is 7. The monoisotopic (exact) mass is 402 g/mol. The maximum atomic E-state index is 11.1. The lowest BCUT2D eigenvalue weighted by Gasteiger charge is -2.13. The fourth-order valence-electron chi connectivity index (χ4n) is 3.17. The van der Waals surface area contributed by atoms with Gasteiger partial charge in [-0.25, -0.2) is 19.7 Å². The van der Waals surface area contributed by atoms with Crippen molar-refractivity contribution in [2.24, 2.45) is 7.05 Å². The molecule has 9 nitrogen and oxygen atoms in total. The number of ether oxygens (including phenoxy) is 1. The summed E-state index contributed by atoms with van der Waals surface area (Å²) < 4.78 is 7.89. The lowest BCUT2D eigenvalue weighted by atomic mass is 9.98. The van der Waals surface area contributed by atoms with Crippen LogP contribution in [0, 0.1) is 0 Å². The largest absolute Gasteiger partial charge is 0.471 e. The Bertz CT molecular complexity index is 1040. The zero-order valence-corrected chi connectivity index (χ0v) is 17.0. The molecule has 3 aromatic rings. The van der Waals surface area contributed by atoms with Crippen LogP contribution in [0.3, 0.4) is 0 Å². The number of amides is 1. The molecule has 10 heteroatoms. The second kappa shape index (κ2) is 6.69. The number of hydrogen-bond donors (Lipinski definition) is 1. The molecule has 0 bridgehead atoms. The van der Waals surface area contributed by atoms with E-state index in [1.165, 1.54) is 11.2 Å². The topological polar surface area (TPSA) is 106 Å². The first-order valence-corrected chi connectivity index (χ1v) is 9.84. The number of aromatic nitrogens is 5. The van der Waals surface area contributed by atoms with Crippen molar-refractivity contribution >= 4 is 28.6 Å². The zero-order chi connectivity index (χ0) is 20.1. The second-order valence-corrected chi connectivity index (χ2v) is 8.91. The second-order valence-electron chi connectivity index (χ2n) is 7.88. The number of carboxylic acid groups (broad SMARTS) is 1. The summed E-state index contributed by atoms with van der Waals surface area (Å²) in [7, 11) is 1.90. The maximum absolute atomic E-state index is 11.1. The number of fused-ring (bicyclic) bond motifs is 1. The number of likely N-dealkylation sites (tertiary alicyclic amines) is 1. The molecule has 1 atom stereocenters. The Hall–Kier alpha value is -2.75. The standard InChI is InChI=1S/C18H22N6O3S/c1-18(2,3)16-19-7-11(28-16)13-22-12-14(23(13)4)20-9-21-15(12)27-10-5-6-24(8-10)17(25)26/h7,9-10H,5-6,8H2,1-4H3,(H,25,26)/t10-/m0/s1. The fourth-order valence-corrected chi connectivity index (χ4v) is 4.16. The van der Waals surface area contributed by atoms with Gasteiger partial charge >= 0.3 is 6.09 Å².